The van der Waals surface area contributed by atoms with Gasteiger partial charge >= 0.3 is 5.97 Å². The highest BCUT2D eigenvalue weighted by Crippen LogP contribution is 2.09. The van der Waals surface area contributed by atoms with Crippen LogP contribution in [0.3, 0.4) is 0 Å². The van der Waals surface area contributed by atoms with Crippen molar-refractivity contribution in [1.82, 2.24) is 15.2 Å². The predicted octanol–water partition coefficient (Wildman–Crippen LogP) is 1.39. The number of rotatable bonds is 4. The number of hydrogen-bond donors (Lipinski definition) is 1. The van der Waals surface area contributed by atoms with Gasteiger partial charge in [-0.25, -0.2) is 9.78 Å². The van der Waals surface area contributed by atoms with Gasteiger partial charge in [-0.3, -0.25) is 0 Å². The number of hydrogen-bond acceptors (Lipinski definition) is 6. The van der Waals surface area contributed by atoms with Crippen LogP contribution >= 0.6 is 0 Å². The van der Waals surface area contributed by atoms with E-state index >= 15 is 0 Å². The van der Waals surface area contributed by atoms with E-state index in [-0.39, 0.29) is 5.97 Å². The highest BCUT2D eigenvalue weighted by molar-refractivity contribution is 5.79. The second-order valence-corrected chi connectivity index (χ2v) is 3.74. The topological polar surface area (TPSA) is 77.0 Å². The molecule has 6 heteroatoms. The van der Waals surface area contributed by atoms with Gasteiger partial charge in [0.25, 0.3) is 0 Å². The maximum absolute atomic E-state index is 11.5. The highest BCUT2D eigenvalue weighted by Gasteiger charge is 2.15. The highest BCUT2D eigenvalue weighted by atomic mass is 16.5. The zero-order chi connectivity index (χ0) is 13.0. The number of carbonyl (C=O) groups excluding carboxylic acids is 1. The quantitative estimate of drug-likeness (QED) is 0.821. The molecule has 0 aliphatic heterocycles. The van der Waals surface area contributed by atoms with Crippen LogP contribution in [0.2, 0.25) is 0 Å². The molecule has 0 aliphatic rings. The van der Waals surface area contributed by atoms with Crippen molar-refractivity contribution >= 4 is 23.0 Å². The molecule has 18 heavy (non-hydrogen) atoms. The van der Waals surface area contributed by atoms with Gasteiger partial charge in [-0.15, -0.1) is 10.2 Å². The molecule has 0 fully saturated rings. The number of carbonyl (C=O) groups is 1. The molecule has 1 aromatic carbocycles. The molecule has 0 amide bonds. The van der Waals surface area contributed by atoms with Gasteiger partial charge in [0.05, 0.1) is 12.1 Å². The van der Waals surface area contributed by atoms with Crippen molar-refractivity contribution in [3.05, 3.63) is 24.3 Å². The van der Waals surface area contributed by atoms with Crippen molar-refractivity contribution in [2.24, 2.45) is 0 Å². The lowest BCUT2D eigenvalue weighted by atomic mass is 10.3. The Morgan fingerprint density at radius 3 is 2.78 bits per heavy atom. The fraction of sp³-hybridized carbons (Fsp3) is 0.333. The third-order valence-electron chi connectivity index (χ3n) is 2.35. The lowest BCUT2D eigenvalue weighted by Crippen LogP contribution is -2.29. The molecule has 0 radical (unpaired) electrons. The summed E-state index contributed by atoms with van der Waals surface area (Å²) in [5.41, 5.74) is 1.44. The number of benzene rings is 1. The van der Waals surface area contributed by atoms with Crippen LogP contribution < -0.4 is 5.32 Å². The Bertz CT molecular complexity index is 559. The van der Waals surface area contributed by atoms with Crippen molar-refractivity contribution in [2.45, 2.75) is 19.9 Å². The predicted molar refractivity (Wildman–Crippen MR) is 67.1 cm³/mol. The number of nitrogens with zero attached hydrogens (tertiary/aromatic N) is 3. The van der Waals surface area contributed by atoms with Gasteiger partial charge < -0.3 is 10.1 Å². The molecule has 1 heterocycles. The smallest absolute Gasteiger partial charge is 0.328 e. The van der Waals surface area contributed by atoms with Gasteiger partial charge in [-0.05, 0) is 26.0 Å². The van der Waals surface area contributed by atoms with Crippen LogP contribution in [0.15, 0.2) is 24.3 Å². The number of esters is 1. The molecular formula is C12H14N4O2. The van der Waals surface area contributed by atoms with Crippen LogP contribution in [0.25, 0.3) is 11.0 Å². The molecule has 6 nitrogen and oxygen atoms in total. The second kappa shape index (κ2) is 5.39. The van der Waals surface area contributed by atoms with Crippen molar-refractivity contribution in [3.8, 4) is 0 Å². The Labute approximate surface area is 104 Å². The van der Waals surface area contributed by atoms with Crippen molar-refractivity contribution in [2.75, 3.05) is 11.9 Å². The molecule has 0 spiro atoms. The first kappa shape index (κ1) is 12.2. The minimum atomic E-state index is -0.507. The van der Waals surface area contributed by atoms with E-state index in [0.717, 1.165) is 5.52 Å². The summed E-state index contributed by atoms with van der Waals surface area (Å²) in [4.78, 5) is 15.7. The molecule has 0 saturated carbocycles. The normalized spacial score (nSPS) is 12.1. The minimum absolute atomic E-state index is 0.314. The van der Waals surface area contributed by atoms with Gasteiger partial charge in [0.15, 0.2) is 0 Å². The third-order valence-corrected chi connectivity index (χ3v) is 2.35. The molecule has 0 saturated heterocycles. The average molecular weight is 246 g/mol. The SMILES string of the molecule is CCOC(=O)C(C)Nc1nnc2ccccc2n1. The van der Waals surface area contributed by atoms with Crippen molar-refractivity contribution < 1.29 is 9.53 Å². The van der Waals surface area contributed by atoms with Crippen LogP contribution in [0.4, 0.5) is 5.95 Å². The van der Waals surface area contributed by atoms with Gasteiger partial charge in [-0.1, -0.05) is 12.1 Å². The van der Waals surface area contributed by atoms with Gasteiger partial charge in [0.2, 0.25) is 5.95 Å². The minimum Gasteiger partial charge on any atom is -0.464 e. The second-order valence-electron chi connectivity index (χ2n) is 3.74. The molecule has 0 aliphatic carbocycles. The molecule has 2 aromatic rings. The molecule has 1 unspecified atom stereocenters. The summed E-state index contributed by atoms with van der Waals surface area (Å²) in [5.74, 6) is -0.0245. The monoisotopic (exact) mass is 246 g/mol. The Balaban J connectivity index is 2.14. The average Bonchev–Trinajstić information content (AvgIpc) is 2.39. The van der Waals surface area contributed by atoms with Crippen LogP contribution in [-0.4, -0.2) is 33.8 Å². The molecule has 1 N–H and O–H groups in total. The zero-order valence-corrected chi connectivity index (χ0v) is 10.3. The number of nitrogens with one attached hydrogen (secondary N) is 1. The van der Waals surface area contributed by atoms with E-state index in [9.17, 15) is 4.79 Å². The molecule has 1 atom stereocenters. The van der Waals surface area contributed by atoms with Crippen LogP contribution in [0.5, 0.6) is 0 Å². The number of fused-ring (bicyclic) bond motifs is 1. The number of aromatic nitrogens is 3. The summed E-state index contributed by atoms with van der Waals surface area (Å²) in [6.07, 6.45) is 0. The summed E-state index contributed by atoms with van der Waals surface area (Å²) >= 11 is 0. The van der Waals surface area contributed by atoms with E-state index < -0.39 is 6.04 Å². The molecule has 1 aromatic heterocycles. The first-order chi connectivity index (χ1) is 8.70. The van der Waals surface area contributed by atoms with Gasteiger partial charge in [-0.2, -0.15) is 0 Å². The molecule has 2 rings (SSSR count). The lowest BCUT2D eigenvalue weighted by molar-refractivity contribution is -0.143. The fourth-order valence-electron chi connectivity index (χ4n) is 1.46. The molecule has 94 valence electrons. The Kier molecular flexibility index (Phi) is 3.66. The summed E-state index contributed by atoms with van der Waals surface area (Å²) < 4.78 is 4.89. The van der Waals surface area contributed by atoms with E-state index in [1.54, 1.807) is 13.8 Å². The summed E-state index contributed by atoms with van der Waals surface area (Å²) in [7, 11) is 0. The van der Waals surface area contributed by atoms with Crippen molar-refractivity contribution in [1.29, 1.82) is 0 Å². The lowest BCUT2D eigenvalue weighted by Gasteiger charge is -2.11. The van der Waals surface area contributed by atoms with Gasteiger partial charge in [0.1, 0.15) is 11.6 Å². The van der Waals surface area contributed by atoms with E-state index in [4.69, 9.17) is 4.74 Å². The largest absolute Gasteiger partial charge is 0.464 e. The summed E-state index contributed by atoms with van der Waals surface area (Å²) in [5, 5.41) is 10.8. The summed E-state index contributed by atoms with van der Waals surface area (Å²) in [6.45, 7) is 3.80. The zero-order valence-electron chi connectivity index (χ0n) is 10.3. The number of ether oxygens (including phenoxy) is 1. The van der Waals surface area contributed by atoms with Crippen LogP contribution in [0.1, 0.15) is 13.8 Å². The Hall–Kier alpha value is -2.24. The van der Waals surface area contributed by atoms with E-state index in [1.165, 1.54) is 0 Å². The van der Waals surface area contributed by atoms with E-state index in [2.05, 4.69) is 20.5 Å². The summed E-state index contributed by atoms with van der Waals surface area (Å²) in [6, 6.07) is 6.90. The number of anilines is 1. The molecular weight excluding hydrogens is 232 g/mol. The fourth-order valence-corrected chi connectivity index (χ4v) is 1.46. The first-order valence-corrected chi connectivity index (χ1v) is 5.73. The maximum atomic E-state index is 11.5. The Morgan fingerprint density at radius 1 is 1.33 bits per heavy atom. The molecule has 0 bridgehead atoms. The van der Waals surface area contributed by atoms with E-state index in [1.807, 2.05) is 24.3 Å². The van der Waals surface area contributed by atoms with Crippen molar-refractivity contribution in [3.63, 3.8) is 0 Å². The van der Waals surface area contributed by atoms with Gasteiger partial charge in [0, 0.05) is 0 Å². The first-order valence-electron chi connectivity index (χ1n) is 5.73. The van der Waals surface area contributed by atoms with E-state index in [0.29, 0.717) is 18.1 Å². The van der Waals surface area contributed by atoms with Crippen LogP contribution in [-0.2, 0) is 9.53 Å². The third kappa shape index (κ3) is 2.71. The standard InChI is InChI=1S/C12H14N4O2/c1-3-18-11(17)8(2)13-12-14-9-6-4-5-7-10(9)15-16-12/h4-8H,3H2,1-2H3,(H,13,14,16). The maximum Gasteiger partial charge on any atom is 0.328 e. The number of para-hydroxylation sites is 1. The van der Waals surface area contributed by atoms with Crippen LogP contribution in [0, 0.1) is 0 Å². The Morgan fingerprint density at radius 2 is 2.06 bits per heavy atom.